The van der Waals surface area contributed by atoms with Gasteiger partial charge in [-0.1, -0.05) is 0 Å². The Bertz CT molecular complexity index is 1100. The van der Waals surface area contributed by atoms with Crippen LogP contribution in [0.4, 0.5) is 37.0 Å². The number of benzene rings is 1. The Kier molecular flexibility index (Phi) is 9.37. The van der Waals surface area contributed by atoms with Gasteiger partial charge in [0.25, 0.3) is 0 Å². The minimum atomic E-state index is -4.70. The zero-order valence-corrected chi connectivity index (χ0v) is 20.3. The van der Waals surface area contributed by atoms with Crippen molar-refractivity contribution in [1.29, 1.82) is 0 Å². The number of rotatable bonds is 8. The topological polar surface area (TPSA) is 95.1 Å². The van der Waals surface area contributed by atoms with Crippen LogP contribution in [0.2, 0.25) is 0 Å². The summed E-state index contributed by atoms with van der Waals surface area (Å²) in [6, 6.07) is 2.93. The Labute approximate surface area is 209 Å². The lowest BCUT2D eigenvalue weighted by molar-refractivity contribution is -0.153. The highest BCUT2D eigenvalue weighted by Crippen LogP contribution is 2.35. The van der Waals surface area contributed by atoms with Crippen molar-refractivity contribution in [2.24, 2.45) is 0 Å². The van der Waals surface area contributed by atoms with Crippen LogP contribution >= 0.6 is 23.6 Å². The number of hydrogen-bond donors (Lipinski definition) is 2. The molecular weight excluding hydrogens is 542 g/mol. The molecule has 0 saturated heterocycles. The molecule has 8 nitrogen and oxygen atoms in total. The van der Waals surface area contributed by atoms with Gasteiger partial charge >= 0.3 is 24.3 Å². The summed E-state index contributed by atoms with van der Waals surface area (Å²) in [7, 11) is 2.26. The number of carbonyl (C=O) groups is 2. The van der Waals surface area contributed by atoms with E-state index in [1.807, 2.05) is 0 Å². The van der Waals surface area contributed by atoms with Gasteiger partial charge in [0.05, 0.1) is 19.8 Å². The fourth-order valence-electron chi connectivity index (χ4n) is 2.64. The Hall–Kier alpha value is -3.27. The second-order valence-electron chi connectivity index (χ2n) is 6.82. The number of carbonyl (C=O) groups excluding carboxylic acids is 2. The molecule has 0 unspecified atom stereocenters. The first-order chi connectivity index (χ1) is 16.6. The molecule has 0 spiro atoms. The van der Waals surface area contributed by atoms with Crippen molar-refractivity contribution in [2.45, 2.75) is 19.3 Å². The van der Waals surface area contributed by atoms with Crippen LogP contribution in [0.25, 0.3) is 0 Å². The molecule has 2 N–H and O–H groups in total. The molecule has 16 heteroatoms. The summed E-state index contributed by atoms with van der Waals surface area (Å²) in [6.07, 6.45) is -9.40. The maximum Gasteiger partial charge on any atom is 0.422 e. The fourth-order valence-corrected chi connectivity index (χ4v) is 4.05. The number of thiophene rings is 1. The van der Waals surface area contributed by atoms with Gasteiger partial charge in [0, 0.05) is 23.9 Å². The summed E-state index contributed by atoms with van der Waals surface area (Å²) in [6.45, 7) is -1.93. The molecule has 1 heterocycles. The fraction of sp³-hybridized carbons (Fsp3) is 0.350. The zero-order chi connectivity index (χ0) is 27.3. The predicted molar refractivity (Wildman–Crippen MR) is 121 cm³/mol. The molecule has 36 heavy (non-hydrogen) atoms. The molecule has 1 aromatic heterocycles. The molecule has 2 rings (SSSR count). The zero-order valence-electron chi connectivity index (χ0n) is 18.7. The Morgan fingerprint density at radius 3 is 1.83 bits per heavy atom. The molecule has 0 amide bonds. The van der Waals surface area contributed by atoms with Crippen LogP contribution in [0.1, 0.15) is 25.6 Å². The van der Waals surface area contributed by atoms with Gasteiger partial charge in [-0.3, -0.25) is 0 Å². The first-order valence-electron chi connectivity index (χ1n) is 9.55. The highest BCUT2D eigenvalue weighted by atomic mass is 32.1. The maximum atomic E-state index is 12.5. The quantitative estimate of drug-likeness (QED) is 0.253. The van der Waals surface area contributed by atoms with Crippen molar-refractivity contribution >= 4 is 51.3 Å². The van der Waals surface area contributed by atoms with Gasteiger partial charge in [0.1, 0.15) is 21.4 Å². The van der Waals surface area contributed by atoms with Gasteiger partial charge < -0.3 is 29.6 Å². The molecule has 0 atom stereocenters. The van der Waals surface area contributed by atoms with E-state index in [9.17, 15) is 35.9 Å². The van der Waals surface area contributed by atoms with E-state index in [1.165, 1.54) is 6.92 Å². The number of nitrogens with one attached hydrogen (secondary N) is 2. The second kappa shape index (κ2) is 11.6. The third-order valence-corrected chi connectivity index (χ3v) is 5.47. The second-order valence-corrected chi connectivity index (χ2v) is 8.25. The molecular formula is C20H18F6N2O6S2. The van der Waals surface area contributed by atoms with Gasteiger partial charge in [0.2, 0.25) is 0 Å². The summed E-state index contributed by atoms with van der Waals surface area (Å²) in [4.78, 5) is 24.3. The molecule has 1 aromatic carbocycles. The van der Waals surface area contributed by atoms with Crippen LogP contribution in [-0.2, 0) is 9.47 Å². The van der Waals surface area contributed by atoms with Crippen LogP contribution in [0.5, 0.6) is 11.5 Å². The van der Waals surface area contributed by atoms with Crippen LogP contribution in [0.15, 0.2) is 18.2 Å². The smallest absolute Gasteiger partial charge is 0.422 e. The minimum absolute atomic E-state index is 0.0245. The molecule has 0 aliphatic carbocycles. The largest absolute Gasteiger partial charge is 0.484 e. The molecule has 0 bridgehead atoms. The Morgan fingerprint density at radius 1 is 0.889 bits per heavy atom. The lowest BCUT2D eigenvalue weighted by Gasteiger charge is -2.16. The Balaban J connectivity index is 2.32. The van der Waals surface area contributed by atoms with Gasteiger partial charge in [-0.25, -0.2) is 9.59 Å². The summed E-state index contributed by atoms with van der Waals surface area (Å²) in [5, 5.41) is 5.06. The van der Waals surface area contributed by atoms with Crippen LogP contribution in [-0.4, -0.2) is 56.8 Å². The number of thiocarbonyl (C=S) groups is 1. The van der Waals surface area contributed by atoms with E-state index in [-0.39, 0.29) is 31.8 Å². The van der Waals surface area contributed by atoms with Crippen LogP contribution in [0.3, 0.4) is 0 Å². The van der Waals surface area contributed by atoms with Crippen molar-refractivity contribution in [2.75, 3.05) is 38.1 Å². The first-order valence-corrected chi connectivity index (χ1v) is 10.8. The van der Waals surface area contributed by atoms with Crippen molar-refractivity contribution in [3.05, 3.63) is 34.2 Å². The van der Waals surface area contributed by atoms with E-state index in [4.69, 9.17) is 17.0 Å². The Morgan fingerprint density at radius 2 is 1.39 bits per heavy atom. The summed E-state index contributed by atoms with van der Waals surface area (Å²) in [5.41, 5.74) is 0.128. The SMILES string of the molecule is COC(=O)c1sc(NC(=S)Nc2cc(OCC(F)(F)F)cc(OCC(F)(F)F)c2)c(C(=O)OC)c1C. The number of anilines is 2. The maximum absolute atomic E-state index is 12.5. The lowest BCUT2D eigenvalue weighted by atomic mass is 10.1. The summed E-state index contributed by atoms with van der Waals surface area (Å²) in [5.74, 6) is -2.43. The molecule has 0 aliphatic rings. The third-order valence-electron chi connectivity index (χ3n) is 4.08. The number of ether oxygens (including phenoxy) is 4. The van der Waals surface area contributed by atoms with E-state index >= 15 is 0 Å². The van der Waals surface area contributed by atoms with Crippen molar-refractivity contribution in [3.8, 4) is 11.5 Å². The van der Waals surface area contributed by atoms with Gasteiger partial charge in [-0.15, -0.1) is 11.3 Å². The standard InChI is InChI=1S/C20H18F6N2O6S2/c1-9-13(16(29)31-2)15(36-14(9)17(30)32-3)28-18(35)27-10-4-11(33-7-19(21,22)23)6-12(5-10)34-8-20(24,25)26/h4-6H,7-8H2,1-3H3,(H2,27,28,35). The first kappa shape index (κ1) is 29.0. The molecule has 0 saturated carbocycles. The average Bonchev–Trinajstić information content (AvgIpc) is 3.09. The van der Waals surface area contributed by atoms with Crippen molar-refractivity contribution < 1.29 is 54.9 Å². The lowest BCUT2D eigenvalue weighted by Crippen LogP contribution is -2.22. The van der Waals surface area contributed by atoms with Gasteiger partial charge in [0.15, 0.2) is 18.3 Å². The third kappa shape index (κ3) is 8.44. The summed E-state index contributed by atoms with van der Waals surface area (Å²) >= 11 is 5.97. The van der Waals surface area contributed by atoms with Crippen LogP contribution < -0.4 is 20.1 Å². The highest BCUT2D eigenvalue weighted by Gasteiger charge is 2.30. The van der Waals surface area contributed by atoms with Gasteiger partial charge in [-0.05, 0) is 24.7 Å². The molecule has 0 fully saturated rings. The minimum Gasteiger partial charge on any atom is -0.484 e. The van der Waals surface area contributed by atoms with Crippen molar-refractivity contribution in [3.63, 3.8) is 0 Å². The van der Waals surface area contributed by atoms with E-state index in [1.54, 1.807) is 0 Å². The number of halogens is 6. The average molecular weight is 560 g/mol. The summed E-state index contributed by atoms with van der Waals surface area (Å²) < 4.78 is 93.8. The van der Waals surface area contributed by atoms with E-state index < -0.39 is 49.0 Å². The number of hydrogen-bond acceptors (Lipinski definition) is 8. The molecule has 2 aromatic rings. The highest BCUT2D eigenvalue weighted by molar-refractivity contribution is 7.80. The molecule has 198 valence electrons. The number of methoxy groups -OCH3 is 2. The number of alkyl halides is 6. The number of esters is 2. The van der Waals surface area contributed by atoms with Crippen LogP contribution in [0, 0.1) is 6.92 Å². The van der Waals surface area contributed by atoms with E-state index in [2.05, 4.69) is 24.8 Å². The van der Waals surface area contributed by atoms with Crippen molar-refractivity contribution in [1.82, 2.24) is 0 Å². The predicted octanol–water partition coefficient (Wildman–Crippen LogP) is 5.32. The van der Waals surface area contributed by atoms with Gasteiger partial charge in [-0.2, -0.15) is 26.3 Å². The molecule has 0 aliphatic heterocycles. The molecule has 0 radical (unpaired) electrons. The van der Waals surface area contributed by atoms with E-state index in [0.717, 1.165) is 43.8 Å². The normalized spacial score (nSPS) is 11.5. The monoisotopic (exact) mass is 560 g/mol. The van der Waals surface area contributed by atoms with E-state index in [0.29, 0.717) is 0 Å².